The zero-order valence-corrected chi connectivity index (χ0v) is 16.4. The Balaban J connectivity index is 2.42. The van der Waals surface area contributed by atoms with Crippen LogP contribution in [0.3, 0.4) is 0 Å². The number of hydrogen-bond donors (Lipinski definition) is 0. The summed E-state index contributed by atoms with van der Waals surface area (Å²) in [5.74, 6) is 0. The number of rotatable bonds is 6. The van der Waals surface area contributed by atoms with Gasteiger partial charge in [-0.3, -0.25) is 0 Å². The number of hydrogen-bond acceptors (Lipinski definition) is 0. The normalized spacial score (nSPS) is 11.2. The molecule has 0 aliphatic heterocycles. The second-order valence-electron chi connectivity index (χ2n) is 6.54. The van der Waals surface area contributed by atoms with Crippen molar-refractivity contribution in [3.63, 3.8) is 0 Å². The smallest absolute Gasteiger partial charge is 0.0531 e. The van der Waals surface area contributed by atoms with E-state index in [1.54, 1.807) is 0 Å². The molecule has 136 valence electrons. The number of aryl methyl sites for hydroxylation is 1. The molecule has 0 fully saturated rings. The lowest BCUT2D eigenvalue weighted by Gasteiger charge is -2.15. The number of allylic oxidation sites excluding steroid dienone is 1. The number of fused-ring (bicyclic) bond motifs is 1. The predicted octanol–water partition coefficient (Wildman–Crippen LogP) is 6.77. The van der Waals surface area contributed by atoms with E-state index in [0.717, 1.165) is 44.8 Å². The van der Waals surface area contributed by atoms with Crippen molar-refractivity contribution >= 4 is 40.9 Å². The fourth-order valence-corrected chi connectivity index (χ4v) is 3.92. The number of aromatic nitrogens is 2. The van der Waals surface area contributed by atoms with Crippen LogP contribution in [0, 0.1) is 6.92 Å². The number of benzene rings is 1. The largest absolute Gasteiger partial charge is 0.344 e. The highest BCUT2D eigenvalue weighted by Crippen LogP contribution is 2.36. The molecule has 0 saturated carbocycles. The van der Waals surface area contributed by atoms with Gasteiger partial charge in [-0.1, -0.05) is 56.7 Å². The summed E-state index contributed by atoms with van der Waals surface area (Å²) in [7, 11) is 2.06. The first-order valence-corrected chi connectivity index (χ1v) is 9.04. The molecular weight excluding hydrogens is 328 g/mol. The molecule has 2 heterocycles. The number of para-hydroxylation sites is 1. The predicted molar refractivity (Wildman–Crippen MR) is 122 cm³/mol. The van der Waals surface area contributed by atoms with Gasteiger partial charge in [-0.15, -0.1) is 0 Å². The van der Waals surface area contributed by atoms with Gasteiger partial charge in [0.15, 0.2) is 0 Å². The van der Waals surface area contributed by atoms with E-state index in [-0.39, 0.29) is 0 Å². The van der Waals surface area contributed by atoms with Crippen LogP contribution < -0.4 is 0 Å². The molecule has 0 bridgehead atoms. The van der Waals surface area contributed by atoms with E-state index >= 15 is 0 Å². The molecular formula is C25H26N2. The molecule has 1 aromatic carbocycles. The van der Waals surface area contributed by atoms with E-state index < -0.39 is 0 Å². The molecule has 0 atom stereocenters. The summed E-state index contributed by atoms with van der Waals surface area (Å²) in [5, 5.41) is 1.16. The van der Waals surface area contributed by atoms with Crippen molar-refractivity contribution in [2.24, 2.45) is 7.05 Å². The summed E-state index contributed by atoms with van der Waals surface area (Å²) in [5.41, 5.74) is 8.54. The highest BCUT2D eigenvalue weighted by molar-refractivity contribution is 5.98. The Morgan fingerprint density at radius 2 is 1.63 bits per heavy atom. The first kappa shape index (κ1) is 18.5. The van der Waals surface area contributed by atoms with Gasteiger partial charge in [0.2, 0.25) is 0 Å². The Kier molecular flexibility index (Phi) is 4.91. The first-order chi connectivity index (χ1) is 13.0. The van der Waals surface area contributed by atoms with Crippen LogP contribution in [0.15, 0.2) is 56.7 Å². The fraction of sp³-hybridized carbons (Fsp3) is 0.120. The third-order valence-corrected chi connectivity index (χ3v) is 5.17. The monoisotopic (exact) mass is 354 g/mol. The Labute approximate surface area is 161 Å². The third-order valence-electron chi connectivity index (χ3n) is 5.17. The van der Waals surface area contributed by atoms with Gasteiger partial charge in [0.05, 0.1) is 11.4 Å². The van der Waals surface area contributed by atoms with E-state index in [1.165, 1.54) is 5.56 Å². The highest BCUT2D eigenvalue weighted by atomic mass is 15.0. The summed E-state index contributed by atoms with van der Waals surface area (Å²) in [6.07, 6.45) is 9.82. The molecule has 3 aromatic rings. The molecule has 2 nitrogen and oxygen atoms in total. The zero-order chi connectivity index (χ0) is 19.7. The van der Waals surface area contributed by atoms with Crippen molar-refractivity contribution in [1.82, 2.24) is 9.13 Å². The zero-order valence-electron chi connectivity index (χ0n) is 16.4. The quantitative estimate of drug-likeness (QED) is 0.462. The Morgan fingerprint density at radius 3 is 2.22 bits per heavy atom. The summed E-state index contributed by atoms with van der Waals surface area (Å²) < 4.78 is 4.34. The van der Waals surface area contributed by atoms with E-state index in [1.807, 2.05) is 31.2 Å². The lowest BCUT2D eigenvalue weighted by molar-refractivity contribution is 0.949. The van der Waals surface area contributed by atoms with Crippen molar-refractivity contribution in [3.8, 4) is 0 Å². The summed E-state index contributed by atoms with van der Waals surface area (Å²) in [6.45, 7) is 20.7. The van der Waals surface area contributed by atoms with Crippen LogP contribution in [0.2, 0.25) is 0 Å². The van der Waals surface area contributed by atoms with Crippen LogP contribution >= 0.6 is 0 Å². The maximum absolute atomic E-state index is 4.49. The van der Waals surface area contributed by atoms with Crippen LogP contribution in [0.25, 0.3) is 40.9 Å². The molecule has 0 amide bonds. The maximum atomic E-state index is 4.49. The van der Waals surface area contributed by atoms with Crippen molar-refractivity contribution in [1.29, 1.82) is 0 Å². The molecule has 0 unspecified atom stereocenters. The van der Waals surface area contributed by atoms with E-state index in [0.29, 0.717) is 0 Å². The van der Waals surface area contributed by atoms with Crippen LogP contribution in [0.1, 0.15) is 40.7 Å². The summed E-state index contributed by atoms with van der Waals surface area (Å²) in [6, 6.07) is 8.37. The number of nitrogens with zero attached hydrogens (tertiary/aromatic N) is 2. The van der Waals surface area contributed by atoms with E-state index in [9.17, 15) is 0 Å². The summed E-state index contributed by atoms with van der Waals surface area (Å²) >= 11 is 0. The van der Waals surface area contributed by atoms with Gasteiger partial charge in [0, 0.05) is 40.5 Å². The second-order valence-corrected chi connectivity index (χ2v) is 6.54. The van der Waals surface area contributed by atoms with Crippen LogP contribution in [-0.4, -0.2) is 9.13 Å². The van der Waals surface area contributed by atoms with Gasteiger partial charge in [-0.25, -0.2) is 0 Å². The minimum Gasteiger partial charge on any atom is -0.344 e. The highest BCUT2D eigenvalue weighted by Gasteiger charge is 2.22. The van der Waals surface area contributed by atoms with Gasteiger partial charge < -0.3 is 9.13 Å². The van der Waals surface area contributed by atoms with Gasteiger partial charge in [-0.05, 0) is 43.7 Å². The van der Waals surface area contributed by atoms with Crippen LogP contribution in [-0.2, 0) is 7.05 Å². The van der Waals surface area contributed by atoms with Crippen molar-refractivity contribution < 1.29 is 0 Å². The van der Waals surface area contributed by atoms with Crippen molar-refractivity contribution in [3.05, 3.63) is 90.4 Å². The standard InChI is InChI=1S/C25H26N2/c1-8-14-23-17(5)19(9-2)21(10-3)27(23)18(6)25-20-15-12-13-16-24(20)26(7)22(25)11-4/h8-16H,2-4,6H2,1,5,7H3/b14-8-. The maximum Gasteiger partial charge on any atom is 0.0531 e. The molecule has 0 N–H and O–H groups in total. The molecule has 2 aromatic heterocycles. The topological polar surface area (TPSA) is 9.86 Å². The average molecular weight is 354 g/mol. The van der Waals surface area contributed by atoms with Crippen molar-refractivity contribution in [2.45, 2.75) is 13.8 Å². The molecule has 27 heavy (non-hydrogen) atoms. The summed E-state index contributed by atoms with van der Waals surface area (Å²) in [4.78, 5) is 0. The molecule has 0 saturated heterocycles. The molecule has 2 heteroatoms. The minimum absolute atomic E-state index is 0.904. The molecule has 0 radical (unpaired) electrons. The van der Waals surface area contributed by atoms with Crippen molar-refractivity contribution in [2.75, 3.05) is 0 Å². The van der Waals surface area contributed by atoms with Gasteiger partial charge in [-0.2, -0.15) is 0 Å². The van der Waals surface area contributed by atoms with E-state index in [4.69, 9.17) is 0 Å². The van der Waals surface area contributed by atoms with Gasteiger partial charge in [0.1, 0.15) is 0 Å². The SMILES string of the molecule is C=Cc1c(C)c(/C=C\C)n(C(=C)c2c(C=C)n(C)c3ccccc23)c1C=C. The minimum atomic E-state index is 0.904. The van der Waals surface area contributed by atoms with Gasteiger partial charge >= 0.3 is 0 Å². The third kappa shape index (κ3) is 2.65. The van der Waals surface area contributed by atoms with Gasteiger partial charge in [0.25, 0.3) is 0 Å². The lowest BCUT2D eigenvalue weighted by Crippen LogP contribution is -2.04. The van der Waals surface area contributed by atoms with Crippen LogP contribution in [0.4, 0.5) is 0 Å². The van der Waals surface area contributed by atoms with Crippen LogP contribution in [0.5, 0.6) is 0 Å². The molecule has 0 aliphatic rings. The average Bonchev–Trinajstić information content (AvgIpc) is 3.12. The fourth-order valence-electron chi connectivity index (χ4n) is 3.92. The Hall–Kier alpha value is -3.26. The first-order valence-electron chi connectivity index (χ1n) is 9.04. The Bertz CT molecular complexity index is 1110. The van der Waals surface area contributed by atoms with E-state index in [2.05, 4.69) is 79.8 Å². The molecule has 0 aliphatic carbocycles. The lowest BCUT2D eigenvalue weighted by atomic mass is 10.1. The molecule has 3 rings (SSSR count). The second kappa shape index (κ2) is 7.16. The Morgan fingerprint density at radius 1 is 0.963 bits per heavy atom. The molecule has 0 spiro atoms.